The van der Waals surface area contributed by atoms with Crippen LogP contribution in [-0.2, 0) is 0 Å². The van der Waals surface area contributed by atoms with Crippen LogP contribution < -0.4 is 0 Å². The number of nitrogens with zero attached hydrogens (tertiary/aromatic N) is 1. The molecule has 1 aromatic heterocycles. The molecule has 0 radical (unpaired) electrons. The van der Waals surface area contributed by atoms with Gasteiger partial charge in [-0.25, -0.2) is 0 Å². The normalized spacial score (nSPS) is 12.4. The predicted molar refractivity (Wildman–Crippen MR) is 61.6 cm³/mol. The average Bonchev–Trinajstić information content (AvgIpc) is 2.78. The molecule has 1 unspecified atom stereocenters. The molecular formula is C12H10ClNO2. The van der Waals surface area contributed by atoms with Gasteiger partial charge in [0, 0.05) is 11.6 Å². The van der Waals surface area contributed by atoms with Crippen molar-refractivity contribution in [2.24, 2.45) is 0 Å². The smallest absolute Gasteiger partial charge is 0.218 e. The number of Topliss-reactive ketones (excluding diaryl/α,β-unsaturated/α-hetero) is 1. The third-order valence-electron chi connectivity index (χ3n) is 2.18. The molecule has 3 nitrogen and oxygen atoms in total. The molecule has 1 heterocycles. The SMILES string of the molecule is CC(Cl)C(=O)c1cc(-c2ccccc2)no1. The molecule has 1 atom stereocenters. The summed E-state index contributed by atoms with van der Waals surface area (Å²) in [5.74, 6) is -0.0577. The minimum Gasteiger partial charge on any atom is -0.352 e. The van der Waals surface area contributed by atoms with Crippen LogP contribution in [0.4, 0.5) is 0 Å². The second-order valence-corrected chi connectivity index (χ2v) is 4.08. The molecule has 1 aromatic carbocycles. The number of alkyl halides is 1. The summed E-state index contributed by atoms with van der Waals surface area (Å²) in [6, 6.07) is 11.1. The zero-order valence-corrected chi connectivity index (χ0v) is 9.44. The highest BCUT2D eigenvalue weighted by Gasteiger charge is 2.18. The second-order valence-electron chi connectivity index (χ2n) is 3.42. The average molecular weight is 236 g/mol. The van der Waals surface area contributed by atoms with Gasteiger partial charge < -0.3 is 4.52 Å². The molecule has 2 rings (SSSR count). The molecular weight excluding hydrogens is 226 g/mol. The number of carbonyl (C=O) groups is 1. The largest absolute Gasteiger partial charge is 0.352 e. The summed E-state index contributed by atoms with van der Waals surface area (Å²) in [6.07, 6.45) is 0. The Morgan fingerprint density at radius 1 is 1.38 bits per heavy atom. The van der Waals surface area contributed by atoms with E-state index < -0.39 is 5.38 Å². The van der Waals surface area contributed by atoms with Crippen LogP contribution in [0.2, 0.25) is 0 Å². The van der Waals surface area contributed by atoms with E-state index in [4.69, 9.17) is 16.1 Å². The maximum absolute atomic E-state index is 11.5. The Kier molecular flexibility index (Phi) is 3.06. The van der Waals surface area contributed by atoms with Crippen molar-refractivity contribution in [3.63, 3.8) is 0 Å². The van der Waals surface area contributed by atoms with E-state index in [0.29, 0.717) is 5.69 Å². The Bertz CT molecular complexity index is 491. The van der Waals surface area contributed by atoms with Gasteiger partial charge in [-0.1, -0.05) is 35.5 Å². The maximum atomic E-state index is 11.5. The topological polar surface area (TPSA) is 43.1 Å². The van der Waals surface area contributed by atoms with Gasteiger partial charge in [-0.3, -0.25) is 4.79 Å². The molecule has 0 fully saturated rings. The summed E-state index contributed by atoms with van der Waals surface area (Å²) in [7, 11) is 0. The van der Waals surface area contributed by atoms with Crippen molar-refractivity contribution in [3.8, 4) is 11.3 Å². The van der Waals surface area contributed by atoms with Gasteiger partial charge in [0.25, 0.3) is 0 Å². The molecule has 16 heavy (non-hydrogen) atoms. The molecule has 0 aliphatic heterocycles. The fourth-order valence-electron chi connectivity index (χ4n) is 1.33. The first kappa shape index (κ1) is 10.9. The quantitative estimate of drug-likeness (QED) is 0.606. The van der Waals surface area contributed by atoms with Crippen LogP contribution in [0.15, 0.2) is 40.9 Å². The summed E-state index contributed by atoms with van der Waals surface area (Å²) in [5, 5.41) is 3.24. The molecule has 0 aliphatic rings. The minimum absolute atomic E-state index is 0.196. The number of rotatable bonds is 3. The molecule has 2 aromatic rings. The van der Waals surface area contributed by atoms with Crippen LogP contribution in [0, 0.1) is 0 Å². The maximum Gasteiger partial charge on any atom is 0.218 e. The summed E-state index contributed by atoms with van der Waals surface area (Å²) in [4.78, 5) is 11.5. The van der Waals surface area contributed by atoms with Crippen LogP contribution in [0.3, 0.4) is 0 Å². The number of hydrogen-bond donors (Lipinski definition) is 0. The first-order chi connectivity index (χ1) is 7.68. The van der Waals surface area contributed by atoms with Crippen molar-refractivity contribution in [2.45, 2.75) is 12.3 Å². The zero-order chi connectivity index (χ0) is 11.5. The van der Waals surface area contributed by atoms with E-state index in [-0.39, 0.29) is 11.5 Å². The molecule has 0 amide bonds. The van der Waals surface area contributed by atoms with Gasteiger partial charge >= 0.3 is 0 Å². The molecule has 4 heteroatoms. The fraction of sp³-hybridized carbons (Fsp3) is 0.167. The fourth-order valence-corrected chi connectivity index (χ4v) is 1.44. The number of carbonyl (C=O) groups excluding carboxylic acids is 1. The van der Waals surface area contributed by atoms with Crippen molar-refractivity contribution < 1.29 is 9.32 Å². The van der Waals surface area contributed by atoms with E-state index in [2.05, 4.69) is 5.16 Å². The number of hydrogen-bond acceptors (Lipinski definition) is 3. The Hall–Kier alpha value is -1.61. The summed E-state index contributed by atoms with van der Waals surface area (Å²) in [6.45, 7) is 1.61. The number of halogens is 1. The number of benzene rings is 1. The molecule has 0 N–H and O–H groups in total. The first-order valence-corrected chi connectivity index (χ1v) is 5.32. The van der Waals surface area contributed by atoms with Gasteiger partial charge in [0.2, 0.25) is 11.5 Å². The number of ketones is 1. The van der Waals surface area contributed by atoms with Gasteiger partial charge in [0.15, 0.2) is 0 Å². The van der Waals surface area contributed by atoms with Crippen molar-refractivity contribution in [1.29, 1.82) is 0 Å². The van der Waals surface area contributed by atoms with Gasteiger partial charge in [-0.05, 0) is 6.92 Å². The molecule has 0 spiro atoms. The third kappa shape index (κ3) is 2.14. The van der Waals surface area contributed by atoms with Gasteiger partial charge in [-0.15, -0.1) is 11.6 Å². The lowest BCUT2D eigenvalue weighted by Gasteiger charge is -1.94. The Labute approximate surface area is 98.0 Å². The molecule has 82 valence electrons. The van der Waals surface area contributed by atoms with Crippen molar-refractivity contribution in [3.05, 3.63) is 42.2 Å². The van der Waals surface area contributed by atoms with Crippen LogP contribution in [0.1, 0.15) is 17.5 Å². The molecule has 0 saturated carbocycles. The highest BCUT2D eigenvalue weighted by atomic mass is 35.5. The van der Waals surface area contributed by atoms with Crippen molar-refractivity contribution >= 4 is 17.4 Å². The zero-order valence-electron chi connectivity index (χ0n) is 8.68. The van der Waals surface area contributed by atoms with Gasteiger partial charge in [-0.2, -0.15) is 0 Å². The molecule has 0 bridgehead atoms. The Morgan fingerprint density at radius 3 is 2.69 bits per heavy atom. The van der Waals surface area contributed by atoms with Gasteiger partial charge in [0.1, 0.15) is 5.69 Å². The lowest BCUT2D eigenvalue weighted by Crippen LogP contribution is -2.08. The third-order valence-corrected chi connectivity index (χ3v) is 2.38. The van der Waals surface area contributed by atoms with E-state index >= 15 is 0 Å². The van der Waals surface area contributed by atoms with Crippen LogP contribution >= 0.6 is 11.6 Å². The monoisotopic (exact) mass is 235 g/mol. The Morgan fingerprint density at radius 2 is 2.06 bits per heavy atom. The van der Waals surface area contributed by atoms with E-state index in [1.54, 1.807) is 13.0 Å². The Balaban J connectivity index is 2.30. The molecule has 0 saturated heterocycles. The lowest BCUT2D eigenvalue weighted by atomic mass is 10.1. The van der Waals surface area contributed by atoms with Crippen LogP contribution in [0.25, 0.3) is 11.3 Å². The second kappa shape index (κ2) is 4.49. The summed E-state index contributed by atoms with van der Waals surface area (Å²) >= 11 is 5.68. The van der Waals surface area contributed by atoms with Crippen LogP contribution in [0.5, 0.6) is 0 Å². The van der Waals surface area contributed by atoms with Crippen molar-refractivity contribution in [1.82, 2.24) is 5.16 Å². The minimum atomic E-state index is -0.600. The number of aromatic nitrogens is 1. The molecule has 0 aliphatic carbocycles. The van der Waals surface area contributed by atoms with Crippen LogP contribution in [-0.4, -0.2) is 16.3 Å². The van der Waals surface area contributed by atoms with Gasteiger partial charge in [0.05, 0.1) is 5.38 Å². The first-order valence-electron chi connectivity index (χ1n) is 4.89. The van der Waals surface area contributed by atoms with E-state index in [1.165, 1.54) is 0 Å². The van der Waals surface area contributed by atoms with Crippen molar-refractivity contribution in [2.75, 3.05) is 0 Å². The van der Waals surface area contributed by atoms with E-state index in [0.717, 1.165) is 5.56 Å². The standard InChI is InChI=1S/C12H10ClNO2/c1-8(13)12(15)11-7-10(14-16-11)9-5-3-2-4-6-9/h2-8H,1H3. The highest BCUT2D eigenvalue weighted by molar-refractivity contribution is 6.33. The summed E-state index contributed by atoms with van der Waals surface area (Å²) < 4.78 is 4.96. The highest BCUT2D eigenvalue weighted by Crippen LogP contribution is 2.19. The lowest BCUT2D eigenvalue weighted by molar-refractivity contribution is 0.0956. The summed E-state index contributed by atoms with van der Waals surface area (Å²) in [5.41, 5.74) is 1.55. The van der Waals surface area contributed by atoms with E-state index in [9.17, 15) is 4.79 Å². The predicted octanol–water partition coefficient (Wildman–Crippen LogP) is 3.15. The van der Waals surface area contributed by atoms with E-state index in [1.807, 2.05) is 30.3 Å².